The van der Waals surface area contributed by atoms with Crippen LogP contribution in [0.5, 0.6) is 0 Å². The minimum atomic E-state index is -0.736. The molecular formula is C12H17FN2O2. The molecule has 5 heteroatoms. The quantitative estimate of drug-likeness (QED) is 0.464. The summed E-state index contributed by atoms with van der Waals surface area (Å²) in [5, 5.41) is 0. The van der Waals surface area contributed by atoms with E-state index in [0.29, 0.717) is 5.56 Å². The second kappa shape index (κ2) is 5.75. The van der Waals surface area contributed by atoms with Gasteiger partial charge in [-0.05, 0) is 19.9 Å². The summed E-state index contributed by atoms with van der Waals surface area (Å²) in [6, 6.07) is 6.37. The number of hydrogen-bond acceptors (Lipinski definition) is 3. The lowest BCUT2D eigenvalue weighted by molar-refractivity contribution is -0.132. The van der Waals surface area contributed by atoms with Crippen LogP contribution >= 0.6 is 0 Å². The monoisotopic (exact) mass is 240 g/mol. The zero-order valence-corrected chi connectivity index (χ0v) is 10.00. The van der Waals surface area contributed by atoms with Crippen molar-refractivity contribution in [2.24, 2.45) is 11.3 Å². The number of benzene rings is 1. The van der Waals surface area contributed by atoms with E-state index in [1.807, 2.05) is 0 Å². The van der Waals surface area contributed by atoms with E-state index in [1.54, 1.807) is 32.0 Å². The van der Waals surface area contributed by atoms with Gasteiger partial charge in [0.25, 0.3) is 0 Å². The fraction of sp³-hybridized carbons (Fsp3) is 0.417. The van der Waals surface area contributed by atoms with Gasteiger partial charge < -0.3 is 4.74 Å². The van der Waals surface area contributed by atoms with E-state index in [-0.39, 0.29) is 24.9 Å². The van der Waals surface area contributed by atoms with E-state index in [1.165, 1.54) is 6.07 Å². The van der Waals surface area contributed by atoms with E-state index in [0.717, 1.165) is 0 Å². The Morgan fingerprint density at radius 3 is 2.71 bits per heavy atom. The first-order valence-electron chi connectivity index (χ1n) is 5.29. The van der Waals surface area contributed by atoms with Crippen LogP contribution in [0.3, 0.4) is 0 Å². The molecule has 0 spiro atoms. The van der Waals surface area contributed by atoms with Crippen LogP contribution in [0, 0.1) is 11.2 Å². The predicted molar refractivity (Wildman–Crippen MR) is 62.2 cm³/mol. The van der Waals surface area contributed by atoms with Crippen molar-refractivity contribution in [3.05, 3.63) is 35.6 Å². The van der Waals surface area contributed by atoms with Crippen LogP contribution in [-0.2, 0) is 16.1 Å². The first-order chi connectivity index (χ1) is 7.97. The largest absolute Gasteiger partial charge is 0.376 e. The molecule has 0 aromatic heterocycles. The molecule has 0 heterocycles. The third-order valence-electron chi connectivity index (χ3n) is 2.42. The van der Waals surface area contributed by atoms with Crippen LogP contribution in [0.2, 0.25) is 0 Å². The van der Waals surface area contributed by atoms with Crippen LogP contribution in [0.4, 0.5) is 4.39 Å². The Bertz CT molecular complexity index is 394. The third kappa shape index (κ3) is 3.80. The molecule has 0 radical (unpaired) electrons. The molecule has 0 saturated carbocycles. The molecule has 1 aromatic rings. The first-order valence-corrected chi connectivity index (χ1v) is 5.29. The smallest absolute Gasteiger partial charge is 0.241 e. The summed E-state index contributed by atoms with van der Waals surface area (Å²) >= 11 is 0. The van der Waals surface area contributed by atoms with Crippen molar-refractivity contribution in [2.45, 2.75) is 20.5 Å². The van der Waals surface area contributed by atoms with Crippen molar-refractivity contribution in [3.8, 4) is 0 Å². The highest BCUT2D eigenvalue weighted by atomic mass is 19.1. The first kappa shape index (κ1) is 13.6. The van der Waals surface area contributed by atoms with Gasteiger partial charge in [0.1, 0.15) is 5.82 Å². The van der Waals surface area contributed by atoms with Gasteiger partial charge in [0, 0.05) is 5.56 Å². The highest BCUT2D eigenvalue weighted by Crippen LogP contribution is 2.16. The standard InChI is InChI=1S/C12H17FN2O2/c1-12(2,11(16)15-14)8-17-7-9-5-3-4-6-10(9)13/h3-6H,7-8,14H2,1-2H3,(H,15,16). The number of nitrogens with two attached hydrogens (primary N) is 1. The maximum Gasteiger partial charge on any atom is 0.241 e. The van der Waals surface area contributed by atoms with Gasteiger partial charge in [-0.3, -0.25) is 10.2 Å². The van der Waals surface area contributed by atoms with Gasteiger partial charge in [-0.15, -0.1) is 0 Å². The molecule has 3 N–H and O–H groups in total. The molecule has 94 valence electrons. The number of rotatable bonds is 5. The van der Waals surface area contributed by atoms with Gasteiger partial charge >= 0.3 is 0 Å². The summed E-state index contributed by atoms with van der Waals surface area (Å²) in [5.41, 5.74) is 1.81. The topological polar surface area (TPSA) is 64.3 Å². The van der Waals surface area contributed by atoms with Crippen LogP contribution in [0.15, 0.2) is 24.3 Å². The Kier molecular flexibility index (Phi) is 4.60. The highest BCUT2D eigenvalue weighted by molar-refractivity contribution is 5.81. The van der Waals surface area contributed by atoms with E-state index in [9.17, 15) is 9.18 Å². The van der Waals surface area contributed by atoms with Gasteiger partial charge in [-0.1, -0.05) is 18.2 Å². The molecule has 0 aliphatic carbocycles. The molecule has 1 rings (SSSR count). The van der Waals surface area contributed by atoms with E-state index in [4.69, 9.17) is 10.6 Å². The Balaban J connectivity index is 2.48. The summed E-state index contributed by atoms with van der Waals surface area (Å²) in [4.78, 5) is 11.4. The van der Waals surface area contributed by atoms with Crippen LogP contribution in [-0.4, -0.2) is 12.5 Å². The van der Waals surface area contributed by atoms with Crippen molar-refractivity contribution in [1.29, 1.82) is 0 Å². The number of hydrazine groups is 1. The maximum atomic E-state index is 13.3. The lowest BCUT2D eigenvalue weighted by Gasteiger charge is -2.21. The SMILES string of the molecule is CC(C)(COCc1ccccc1F)C(=O)NN. The number of amides is 1. The molecule has 0 fully saturated rings. The second-order valence-corrected chi connectivity index (χ2v) is 4.44. The average molecular weight is 240 g/mol. The fourth-order valence-corrected chi connectivity index (χ4v) is 1.29. The number of halogens is 1. The number of nitrogens with one attached hydrogen (secondary N) is 1. The summed E-state index contributed by atoms with van der Waals surface area (Å²) in [7, 11) is 0. The Labute approximate surface area is 99.9 Å². The molecule has 0 aliphatic heterocycles. The molecule has 0 saturated heterocycles. The van der Waals surface area contributed by atoms with Crippen molar-refractivity contribution in [3.63, 3.8) is 0 Å². The van der Waals surface area contributed by atoms with Crippen molar-refractivity contribution < 1.29 is 13.9 Å². The van der Waals surface area contributed by atoms with Crippen molar-refractivity contribution in [2.75, 3.05) is 6.61 Å². The van der Waals surface area contributed by atoms with Gasteiger partial charge in [-0.2, -0.15) is 0 Å². The Hall–Kier alpha value is -1.46. The summed E-state index contributed by atoms with van der Waals surface area (Å²) in [5.74, 6) is 4.42. The van der Waals surface area contributed by atoms with Gasteiger partial charge in [0.15, 0.2) is 0 Å². The fourth-order valence-electron chi connectivity index (χ4n) is 1.29. The minimum absolute atomic E-state index is 0.133. The molecule has 17 heavy (non-hydrogen) atoms. The number of carbonyl (C=O) groups excluding carboxylic acids is 1. The van der Waals surface area contributed by atoms with Crippen molar-refractivity contribution in [1.82, 2.24) is 5.43 Å². The third-order valence-corrected chi connectivity index (χ3v) is 2.42. The van der Waals surface area contributed by atoms with Crippen molar-refractivity contribution >= 4 is 5.91 Å². The second-order valence-electron chi connectivity index (χ2n) is 4.44. The molecule has 4 nitrogen and oxygen atoms in total. The number of hydrogen-bond donors (Lipinski definition) is 2. The summed E-state index contributed by atoms with van der Waals surface area (Å²) in [6.07, 6.45) is 0. The molecule has 0 atom stereocenters. The highest BCUT2D eigenvalue weighted by Gasteiger charge is 2.27. The molecular weight excluding hydrogens is 223 g/mol. The van der Waals surface area contributed by atoms with Gasteiger partial charge in [0.05, 0.1) is 18.6 Å². The zero-order valence-electron chi connectivity index (χ0n) is 10.00. The van der Waals surface area contributed by atoms with E-state index in [2.05, 4.69) is 5.43 Å². The molecule has 1 amide bonds. The number of carbonyl (C=O) groups is 1. The minimum Gasteiger partial charge on any atom is -0.376 e. The number of ether oxygens (including phenoxy) is 1. The Morgan fingerprint density at radius 1 is 1.47 bits per heavy atom. The van der Waals surface area contributed by atoms with E-state index >= 15 is 0 Å². The molecule has 1 aromatic carbocycles. The normalized spacial score (nSPS) is 11.3. The van der Waals surface area contributed by atoms with E-state index < -0.39 is 5.41 Å². The summed E-state index contributed by atoms with van der Waals surface area (Å²) in [6.45, 7) is 3.71. The lowest BCUT2D eigenvalue weighted by atomic mass is 9.94. The predicted octanol–water partition coefficient (Wildman–Crippen LogP) is 1.36. The van der Waals surface area contributed by atoms with Crippen LogP contribution in [0.25, 0.3) is 0 Å². The van der Waals surface area contributed by atoms with Crippen LogP contribution < -0.4 is 11.3 Å². The van der Waals surface area contributed by atoms with Crippen LogP contribution in [0.1, 0.15) is 19.4 Å². The average Bonchev–Trinajstić information content (AvgIpc) is 2.30. The summed E-state index contributed by atoms with van der Waals surface area (Å²) < 4.78 is 18.6. The van der Waals surface area contributed by atoms with Gasteiger partial charge in [0.2, 0.25) is 5.91 Å². The lowest BCUT2D eigenvalue weighted by Crippen LogP contribution is -2.43. The van der Waals surface area contributed by atoms with Gasteiger partial charge in [-0.25, -0.2) is 10.2 Å². The molecule has 0 aliphatic rings. The maximum absolute atomic E-state index is 13.3. The Morgan fingerprint density at radius 2 is 2.12 bits per heavy atom. The zero-order chi connectivity index (χ0) is 12.9. The molecule has 0 bridgehead atoms. The molecule has 0 unspecified atom stereocenters.